The van der Waals surface area contributed by atoms with Gasteiger partial charge in [0.2, 0.25) is 5.91 Å². The Bertz CT molecular complexity index is 1590. The number of imide groups is 1. The van der Waals surface area contributed by atoms with E-state index in [1.165, 1.54) is 7.11 Å². The SMILES string of the molecule is COc1cc(/C=C2/SC(=O)N(CC(=O)Nc3c(C)cc(C)cc3C)C2=O)ccc1OCC(=O)Nc1ccc(C)c(C)c1. The average molecular weight is 588 g/mol. The summed E-state index contributed by atoms with van der Waals surface area (Å²) in [4.78, 5) is 51.9. The molecule has 1 fully saturated rings. The van der Waals surface area contributed by atoms with Gasteiger partial charge in [-0.2, -0.15) is 0 Å². The molecular weight excluding hydrogens is 554 g/mol. The van der Waals surface area contributed by atoms with Crippen molar-refractivity contribution in [3.8, 4) is 11.5 Å². The molecule has 1 saturated heterocycles. The summed E-state index contributed by atoms with van der Waals surface area (Å²) in [5, 5.41) is 5.10. The fourth-order valence-corrected chi connectivity index (χ4v) is 5.38. The summed E-state index contributed by atoms with van der Waals surface area (Å²) in [6, 6.07) is 14.5. The second-order valence-corrected chi connectivity index (χ2v) is 11.1. The van der Waals surface area contributed by atoms with Crippen molar-refractivity contribution in [3.05, 3.63) is 86.8 Å². The molecule has 4 amide bonds. The molecule has 1 aliphatic rings. The number of ether oxygens (including phenoxy) is 2. The van der Waals surface area contributed by atoms with Crippen LogP contribution in [0.2, 0.25) is 0 Å². The van der Waals surface area contributed by atoms with Crippen LogP contribution >= 0.6 is 11.8 Å². The third-order valence-electron chi connectivity index (χ3n) is 6.75. The van der Waals surface area contributed by atoms with Crippen molar-refractivity contribution >= 4 is 52.2 Å². The molecule has 0 unspecified atom stereocenters. The van der Waals surface area contributed by atoms with Gasteiger partial charge in [-0.25, -0.2) is 0 Å². The third kappa shape index (κ3) is 7.19. The molecule has 0 bridgehead atoms. The molecule has 4 rings (SSSR count). The van der Waals surface area contributed by atoms with Gasteiger partial charge in [0.25, 0.3) is 17.1 Å². The number of carbonyl (C=O) groups is 4. The van der Waals surface area contributed by atoms with Crippen LogP contribution in [0.3, 0.4) is 0 Å². The van der Waals surface area contributed by atoms with E-state index in [-0.39, 0.29) is 17.4 Å². The Hall–Kier alpha value is -4.57. The number of anilines is 2. The molecule has 218 valence electrons. The highest BCUT2D eigenvalue weighted by molar-refractivity contribution is 8.18. The first-order chi connectivity index (χ1) is 19.9. The summed E-state index contributed by atoms with van der Waals surface area (Å²) in [6.45, 7) is 9.10. The largest absolute Gasteiger partial charge is 0.493 e. The monoisotopic (exact) mass is 587 g/mol. The van der Waals surface area contributed by atoms with Crippen molar-refractivity contribution in [2.24, 2.45) is 0 Å². The predicted octanol–water partition coefficient (Wildman–Crippen LogP) is 5.93. The van der Waals surface area contributed by atoms with E-state index < -0.39 is 23.6 Å². The summed E-state index contributed by atoms with van der Waals surface area (Å²) in [5.74, 6) is -0.644. The molecule has 3 aromatic rings. The van der Waals surface area contributed by atoms with Gasteiger partial charge in [-0.1, -0.05) is 29.8 Å². The Labute approximate surface area is 249 Å². The molecule has 0 radical (unpaired) electrons. The third-order valence-corrected chi connectivity index (χ3v) is 7.66. The van der Waals surface area contributed by atoms with Crippen molar-refractivity contribution in [2.45, 2.75) is 34.6 Å². The maximum atomic E-state index is 13.0. The summed E-state index contributed by atoms with van der Waals surface area (Å²) in [7, 11) is 1.46. The van der Waals surface area contributed by atoms with Gasteiger partial charge in [0.1, 0.15) is 6.54 Å². The number of carbonyl (C=O) groups excluding carboxylic acids is 4. The second kappa shape index (κ2) is 12.9. The van der Waals surface area contributed by atoms with Crippen LogP contribution in [0.4, 0.5) is 16.2 Å². The number of hydrogen-bond acceptors (Lipinski definition) is 7. The van der Waals surface area contributed by atoms with E-state index in [1.54, 1.807) is 24.3 Å². The van der Waals surface area contributed by atoms with Gasteiger partial charge in [0.05, 0.1) is 12.0 Å². The number of benzene rings is 3. The maximum absolute atomic E-state index is 13.0. The number of amides is 4. The predicted molar refractivity (Wildman–Crippen MR) is 165 cm³/mol. The fraction of sp³-hybridized carbons (Fsp3) is 0.250. The van der Waals surface area contributed by atoms with Crippen LogP contribution in [0.5, 0.6) is 11.5 Å². The van der Waals surface area contributed by atoms with Crippen molar-refractivity contribution in [2.75, 3.05) is 30.9 Å². The van der Waals surface area contributed by atoms with Gasteiger partial charge in [0, 0.05) is 11.4 Å². The Morgan fingerprint density at radius 3 is 2.21 bits per heavy atom. The zero-order valence-electron chi connectivity index (χ0n) is 24.4. The van der Waals surface area contributed by atoms with E-state index in [1.807, 2.05) is 65.0 Å². The first-order valence-corrected chi connectivity index (χ1v) is 14.1. The minimum Gasteiger partial charge on any atom is -0.493 e. The van der Waals surface area contributed by atoms with Crippen LogP contribution in [0.15, 0.2) is 53.4 Å². The molecule has 0 atom stereocenters. The number of methoxy groups -OCH3 is 1. The quantitative estimate of drug-likeness (QED) is 0.298. The van der Waals surface area contributed by atoms with Gasteiger partial charge in [-0.3, -0.25) is 24.1 Å². The van der Waals surface area contributed by atoms with E-state index in [0.29, 0.717) is 28.4 Å². The molecule has 42 heavy (non-hydrogen) atoms. The molecule has 1 heterocycles. The molecule has 9 nitrogen and oxygen atoms in total. The van der Waals surface area contributed by atoms with Crippen LogP contribution in [0, 0.1) is 34.6 Å². The lowest BCUT2D eigenvalue weighted by Gasteiger charge is -2.16. The van der Waals surface area contributed by atoms with E-state index in [2.05, 4.69) is 10.6 Å². The molecule has 0 aliphatic carbocycles. The van der Waals surface area contributed by atoms with Crippen LogP contribution in [0.25, 0.3) is 6.08 Å². The number of aryl methyl sites for hydroxylation is 5. The highest BCUT2D eigenvalue weighted by Gasteiger charge is 2.36. The Morgan fingerprint density at radius 1 is 0.833 bits per heavy atom. The Kier molecular flexibility index (Phi) is 9.37. The number of nitrogens with zero attached hydrogens (tertiary/aromatic N) is 1. The zero-order valence-corrected chi connectivity index (χ0v) is 25.2. The molecule has 1 aliphatic heterocycles. The normalized spacial score (nSPS) is 13.9. The van der Waals surface area contributed by atoms with Crippen molar-refractivity contribution in [3.63, 3.8) is 0 Å². The molecule has 0 aromatic heterocycles. The number of hydrogen-bond donors (Lipinski definition) is 2. The maximum Gasteiger partial charge on any atom is 0.294 e. The van der Waals surface area contributed by atoms with Gasteiger partial charge in [0.15, 0.2) is 18.1 Å². The minimum atomic E-state index is -0.556. The van der Waals surface area contributed by atoms with E-state index in [9.17, 15) is 19.2 Å². The molecule has 0 spiro atoms. The second-order valence-electron chi connectivity index (χ2n) is 10.1. The topological polar surface area (TPSA) is 114 Å². The summed E-state index contributed by atoms with van der Waals surface area (Å²) >= 11 is 0.761. The van der Waals surface area contributed by atoms with Gasteiger partial charge < -0.3 is 20.1 Å². The van der Waals surface area contributed by atoms with Crippen LogP contribution in [0.1, 0.15) is 33.4 Å². The average Bonchev–Trinajstić information content (AvgIpc) is 3.19. The van der Waals surface area contributed by atoms with Crippen molar-refractivity contribution < 1.29 is 28.7 Å². The first-order valence-electron chi connectivity index (χ1n) is 13.3. The number of nitrogens with one attached hydrogen (secondary N) is 2. The van der Waals surface area contributed by atoms with Gasteiger partial charge in [-0.15, -0.1) is 0 Å². The van der Waals surface area contributed by atoms with Crippen molar-refractivity contribution in [1.29, 1.82) is 0 Å². The highest BCUT2D eigenvalue weighted by atomic mass is 32.2. The minimum absolute atomic E-state index is 0.180. The smallest absolute Gasteiger partial charge is 0.294 e. The lowest BCUT2D eigenvalue weighted by atomic mass is 10.1. The summed E-state index contributed by atoms with van der Waals surface area (Å²) < 4.78 is 11.1. The van der Waals surface area contributed by atoms with E-state index in [0.717, 1.165) is 44.5 Å². The molecular formula is C32H33N3O6S. The Balaban J connectivity index is 1.39. The van der Waals surface area contributed by atoms with Crippen LogP contribution < -0.4 is 20.1 Å². The van der Waals surface area contributed by atoms with E-state index in [4.69, 9.17) is 9.47 Å². The summed E-state index contributed by atoms with van der Waals surface area (Å²) in [6.07, 6.45) is 1.55. The van der Waals surface area contributed by atoms with Crippen LogP contribution in [-0.2, 0) is 14.4 Å². The van der Waals surface area contributed by atoms with Gasteiger partial charge >= 0.3 is 0 Å². The van der Waals surface area contributed by atoms with E-state index >= 15 is 0 Å². The lowest BCUT2D eigenvalue weighted by Crippen LogP contribution is -2.36. The Morgan fingerprint density at radius 2 is 1.55 bits per heavy atom. The fourth-order valence-electron chi connectivity index (χ4n) is 4.54. The standard InChI is InChI=1S/C32H33N3O6S/c1-18-11-21(4)30(22(5)12-18)34-28(36)16-35-31(38)27(42-32(35)39)15-23-8-10-25(26(14-23)40-6)41-17-29(37)33-24-9-7-19(2)20(3)13-24/h7-15H,16-17H2,1-6H3,(H,33,37)(H,34,36)/b27-15+. The zero-order chi connectivity index (χ0) is 30.6. The number of thioether (sulfide) groups is 1. The molecule has 2 N–H and O–H groups in total. The van der Waals surface area contributed by atoms with Crippen molar-refractivity contribution in [1.82, 2.24) is 4.90 Å². The molecule has 10 heteroatoms. The van der Waals surface area contributed by atoms with Gasteiger partial charge in [-0.05, 0) is 105 Å². The molecule has 0 saturated carbocycles. The highest BCUT2D eigenvalue weighted by Crippen LogP contribution is 2.34. The first kappa shape index (κ1) is 30.4. The molecule has 3 aromatic carbocycles. The number of rotatable bonds is 9. The van der Waals surface area contributed by atoms with Crippen LogP contribution in [-0.4, -0.2) is 48.1 Å². The lowest BCUT2D eigenvalue weighted by molar-refractivity contribution is -0.127. The summed E-state index contributed by atoms with van der Waals surface area (Å²) in [5.41, 5.74) is 7.02.